The van der Waals surface area contributed by atoms with E-state index in [-0.39, 0.29) is 5.78 Å². The SMILES string of the molecule is Cc1ccc(C(=O)C=Cc2ccc(OCc3cscn3)cc2)o1. The summed E-state index contributed by atoms with van der Waals surface area (Å²) < 4.78 is 10.9. The van der Waals surface area contributed by atoms with E-state index in [2.05, 4.69) is 4.98 Å². The lowest BCUT2D eigenvalue weighted by Gasteiger charge is -2.04. The van der Waals surface area contributed by atoms with E-state index in [0.29, 0.717) is 12.4 Å². The van der Waals surface area contributed by atoms with E-state index in [1.54, 1.807) is 35.1 Å². The summed E-state index contributed by atoms with van der Waals surface area (Å²) in [7, 11) is 0. The largest absolute Gasteiger partial charge is 0.487 e. The number of aromatic nitrogens is 1. The van der Waals surface area contributed by atoms with Crippen molar-refractivity contribution in [1.29, 1.82) is 0 Å². The molecule has 2 heterocycles. The Balaban J connectivity index is 1.58. The average molecular weight is 325 g/mol. The van der Waals surface area contributed by atoms with Crippen molar-refractivity contribution in [2.24, 2.45) is 0 Å². The van der Waals surface area contributed by atoms with Crippen LogP contribution in [-0.4, -0.2) is 10.8 Å². The van der Waals surface area contributed by atoms with Crippen LogP contribution in [0.4, 0.5) is 0 Å². The maximum Gasteiger partial charge on any atom is 0.221 e. The molecule has 0 bridgehead atoms. The molecule has 0 spiro atoms. The topological polar surface area (TPSA) is 52.3 Å². The first-order valence-corrected chi connectivity index (χ1v) is 8.04. The molecule has 0 amide bonds. The molecule has 23 heavy (non-hydrogen) atoms. The lowest BCUT2D eigenvalue weighted by molar-refractivity contribution is 0.102. The molecule has 0 fully saturated rings. The minimum Gasteiger partial charge on any atom is -0.487 e. The molecular weight excluding hydrogens is 310 g/mol. The number of carbonyl (C=O) groups is 1. The molecule has 4 nitrogen and oxygen atoms in total. The Labute approximate surface area is 138 Å². The molecule has 0 saturated carbocycles. The summed E-state index contributed by atoms with van der Waals surface area (Å²) >= 11 is 1.55. The third-order valence-electron chi connectivity index (χ3n) is 3.16. The van der Waals surface area contributed by atoms with Gasteiger partial charge in [-0.25, -0.2) is 4.98 Å². The van der Waals surface area contributed by atoms with E-state index >= 15 is 0 Å². The van der Waals surface area contributed by atoms with Gasteiger partial charge in [0.2, 0.25) is 5.78 Å². The number of ketones is 1. The molecule has 0 saturated heterocycles. The monoisotopic (exact) mass is 325 g/mol. The molecule has 3 aromatic rings. The lowest BCUT2D eigenvalue weighted by Crippen LogP contribution is -1.95. The Bertz CT molecular complexity index is 801. The van der Waals surface area contributed by atoms with E-state index in [1.807, 2.05) is 36.6 Å². The van der Waals surface area contributed by atoms with Crippen LogP contribution < -0.4 is 4.74 Å². The first-order chi connectivity index (χ1) is 11.2. The van der Waals surface area contributed by atoms with Crippen molar-refractivity contribution in [3.05, 3.63) is 76.1 Å². The van der Waals surface area contributed by atoms with E-state index in [4.69, 9.17) is 9.15 Å². The highest BCUT2D eigenvalue weighted by molar-refractivity contribution is 7.07. The molecule has 1 aromatic carbocycles. The Hall–Kier alpha value is -2.66. The molecule has 0 radical (unpaired) electrons. The molecule has 3 rings (SSSR count). The molecule has 0 unspecified atom stereocenters. The van der Waals surface area contributed by atoms with Gasteiger partial charge in [0.15, 0.2) is 5.76 Å². The van der Waals surface area contributed by atoms with Crippen LogP contribution in [0.3, 0.4) is 0 Å². The third-order valence-corrected chi connectivity index (χ3v) is 3.80. The van der Waals surface area contributed by atoms with Crippen LogP contribution in [0.25, 0.3) is 6.08 Å². The normalized spacial score (nSPS) is 11.0. The maximum absolute atomic E-state index is 11.9. The van der Waals surface area contributed by atoms with Crippen molar-refractivity contribution in [2.45, 2.75) is 13.5 Å². The zero-order valence-electron chi connectivity index (χ0n) is 12.6. The fourth-order valence-corrected chi connectivity index (χ4v) is 2.51. The molecule has 0 aliphatic heterocycles. The van der Waals surface area contributed by atoms with Gasteiger partial charge < -0.3 is 9.15 Å². The summed E-state index contributed by atoms with van der Waals surface area (Å²) in [6.07, 6.45) is 3.26. The van der Waals surface area contributed by atoms with Crippen molar-refractivity contribution in [3.8, 4) is 5.75 Å². The van der Waals surface area contributed by atoms with Gasteiger partial charge in [-0.1, -0.05) is 18.2 Å². The van der Waals surface area contributed by atoms with Gasteiger partial charge in [-0.3, -0.25) is 4.79 Å². The van der Waals surface area contributed by atoms with Crippen LogP contribution in [0, 0.1) is 6.92 Å². The number of aryl methyl sites for hydroxylation is 1. The maximum atomic E-state index is 11.9. The highest BCUT2D eigenvalue weighted by Gasteiger charge is 2.05. The fourth-order valence-electron chi connectivity index (χ4n) is 1.96. The number of hydrogen-bond donors (Lipinski definition) is 0. The Kier molecular flexibility index (Phi) is 4.68. The minimum atomic E-state index is -0.151. The number of ether oxygens (including phenoxy) is 1. The number of rotatable bonds is 6. The Morgan fingerprint density at radius 3 is 2.74 bits per heavy atom. The molecule has 0 atom stereocenters. The highest BCUT2D eigenvalue weighted by Crippen LogP contribution is 2.16. The van der Waals surface area contributed by atoms with Crippen molar-refractivity contribution < 1.29 is 13.9 Å². The lowest BCUT2D eigenvalue weighted by atomic mass is 10.2. The molecule has 0 aliphatic rings. The van der Waals surface area contributed by atoms with Crippen molar-refractivity contribution >= 4 is 23.2 Å². The summed E-state index contributed by atoms with van der Waals surface area (Å²) in [5.74, 6) is 1.69. The van der Waals surface area contributed by atoms with Gasteiger partial charge in [-0.2, -0.15) is 0 Å². The van der Waals surface area contributed by atoms with Gasteiger partial charge in [-0.15, -0.1) is 11.3 Å². The standard InChI is InChI=1S/C18H15NO3S/c1-13-2-9-18(22-13)17(20)8-5-14-3-6-16(7-4-14)21-10-15-11-23-12-19-15/h2-9,11-12H,10H2,1H3. The summed E-state index contributed by atoms with van der Waals surface area (Å²) in [5, 5.41) is 1.96. The van der Waals surface area contributed by atoms with E-state index in [9.17, 15) is 4.79 Å². The van der Waals surface area contributed by atoms with E-state index in [1.165, 1.54) is 6.08 Å². The second-order valence-corrected chi connectivity index (χ2v) is 5.66. The molecule has 5 heteroatoms. The first-order valence-electron chi connectivity index (χ1n) is 7.09. The van der Waals surface area contributed by atoms with Crippen molar-refractivity contribution in [2.75, 3.05) is 0 Å². The quantitative estimate of drug-likeness (QED) is 0.494. The van der Waals surface area contributed by atoms with Gasteiger partial charge in [0.25, 0.3) is 0 Å². The predicted octanol–water partition coefficient (Wildman–Crippen LogP) is 4.52. The molecule has 2 aromatic heterocycles. The third kappa shape index (κ3) is 4.17. The molecule has 0 N–H and O–H groups in total. The van der Waals surface area contributed by atoms with Gasteiger partial charge in [0, 0.05) is 5.38 Å². The Morgan fingerprint density at radius 1 is 1.26 bits per heavy atom. The van der Waals surface area contributed by atoms with Crippen LogP contribution in [0.5, 0.6) is 5.75 Å². The smallest absolute Gasteiger partial charge is 0.221 e. The summed E-state index contributed by atoms with van der Waals surface area (Å²) in [6, 6.07) is 11.0. The summed E-state index contributed by atoms with van der Waals surface area (Å²) in [4.78, 5) is 16.1. The van der Waals surface area contributed by atoms with Crippen LogP contribution in [0.15, 0.2) is 57.8 Å². The van der Waals surface area contributed by atoms with Crippen LogP contribution >= 0.6 is 11.3 Å². The van der Waals surface area contributed by atoms with Gasteiger partial charge in [0.1, 0.15) is 18.1 Å². The zero-order valence-corrected chi connectivity index (χ0v) is 13.4. The van der Waals surface area contributed by atoms with Crippen LogP contribution in [-0.2, 0) is 6.61 Å². The summed E-state index contributed by atoms with van der Waals surface area (Å²) in [5.41, 5.74) is 3.62. The number of thiazole rings is 1. The summed E-state index contributed by atoms with van der Waals surface area (Å²) in [6.45, 7) is 2.26. The predicted molar refractivity (Wildman–Crippen MR) is 89.7 cm³/mol. The second-order valence-electron chi connectivity index (χ2n) is 4.95. The zero-order chi connectivity index (χ0) is 16.1. The number of carbonyl (C=O) groups excluding carboxylic acids is 1. The molecule has 116 valence electrons. The first kappa shape index (κ1) is 15.2. The fraction of sp³-hybridized carbons (Fsp3) is 0.111. The minimum absolute atomic E-state index is 0.151. The second kappa shape index (κ2) is 7.07. The number of allylic oxidation sites excluding steroid dienone is 1. The van der Waals surface area contributed by atoms with Crippen molar-refractivity contribution in [1.82, 2.24) is 4.98 Å². The average Bonchev–Trinajstić information content (AvgIpc) is 3.23. The number of hydrogen-bond acceptors (Lipinski definition) is 5. The molecule has 0 aliphatic carbocycles. The number of benzene rings is 1. The van der Waals surface area contributed by atoms with E-state index in [0.717, 1.165) is 22.8 Å². The molecular formula is C18H15NO3S. The van der Waals surface area contributed by atoms with Gasteiger partial charge >= 0.3 is 0 Å². The van der Waals surface area contributed by atoms with Gasteiger partial charge in [0.05, 0.1) is 11.2 Å². The number of furan rings is 1. The highest BCUT2D eigenvalue weighted by atomic mass is 32.1. The van der Waals surface area contributed by atoms with E-state index < -0.39 is 0 Å². The van der Waals surface area contributed by atoms with Gasteiger partial charge in [-0.05, 0) is 42.8 Å². The number of nitrogens with zero attached hydrogens (tertiary/aromatic N) is 1. The Morgan fingerprint density at radius 2 is 2.09 bits per heavy atom. The van der Waals surface area contributed by atoms with Crippen LogP contribution in [0.1, 0.15) is 27.6 Å². The van der Waals surface area contributed by atoms with Crippen molar-refractivity contribution in [3.63, 3.8) is 0 Å². The van der Waals surface area contributed by atoms with Crippen LogP contribution in [0.2, 0.25) is 0 Å².